The fraction of sp³-hybridized carbons (Fsp3) is 1.00. The van der Waals surface area contributed by atoms with Crippen molar-refractivity contribution in [3.63, 3.8) is 0 Å². The third kappa shape index (κ3) is 6.32. The van der Waals surface area contributed by atoms with Crippen LogP contribution < -0.4 is 4.72 Å². The first kappa shape index (κ1) is 16.8. The van der Waals surface area contributed by atoms with Crippen LogP contribution in [0.25, 0.3) is 0 Å². The van der Waals surface area contributed by atoms with Gasteiger partial charge in [0.2, 0.25) is 0 Å². The first-order valence-electron chi connectivity index (χ1n) is 5.89. The van der Waals surface area contributed by atoms with Crippen molar-refractivity contribution in [3.8, 4) is 0 Å². The molecule has 0 heterocycles. The summed E-state index contributed by atoms with van der Waals surface area (Å²) in [5, 5.41) is 9.04. The molecule has 0 aromatic rings. The molecule has 0 rings (SSSR count). The van der Waals surface area contributed by atoms with E-state index in [1.807, 2.05) is 13.8 Å². The standard InChI is InChI=1S/C10H24N2O4S/c1-4-6-12(7-5-2)17(14,15)11-10(8-13)9-16-3/h10-11,13H,4-9H2,1-3H3. The molecular weight excluding hydrogens is 244 g/mol. The molecule has 0 aromatic heterocycles. The van der Waals surface area contributed by atoms with Gasteiger partial charge >= 0.3 is 0 Å². The minimum atomic E-state index is -3.54. The zero-order valence-electron chi connectivity index (χ0n) is 10.8. The number of ether oxygens (including phenoxy) is 1. The van der Waals surface area contributed by atoms with Crippen molar-refractivity contribution in [1.29, 1.82) is 0 Å². The molecule has 0 spiro atoms. The molecule has 0 saturated heterocycles. The van der Waals surface area contributed by atoms with Crippen LogP contribution in [0.4, 0.5) is 0 Å². The molecule has 1 unspecified atom stereocenters. The molecule has 0 bridgehead atoms. The second-order valence-corrected chi connectivity index (χ2v) is 5.56. The Bertz CT molecular complexity index is 276. The molecule has 7 heteroatoms. The smallest absolute Gasteiger partial charge is 0.279 e. The van der Waals surface area contributed by atoms with E-state index in [2.05, 4.69) is 4.72 Å². The Hall–Kier alpha value is -0.210. The lowest BCUT2D eigenvalue weighted by Gasteiger charge is -2.24. The molecular formula is C10H24N2O4S. The Labute approximate surface area is 104 Å². The highest BCUT2D eigenvalue weighted by Gasteiger charge is 2.23. The monoisotopic (exact) mass is 268 g/mol. The number of aliphatic hydroxyl groups excluding tert-OH is 1. The Morgan fingerprint density at radius 1 is 1.29 bits per heavy atom. The first-order chi connectivity index (χ1) is 8.01. The Morgan fingerprint density at radius 2 is 1.82 bits per heavy atom. The molecule has 0 aliphatic carbocycles. The van der Waals surface area contributed by atoms with E-state index in [1.165, 1.54) is 11.4 Å². The van der Waals surface area contributed by atoms with Gasteiger partial charge in [-0.25, -0.2) is 0 Å². The Morgan fingerprint density at radius 3 is 2.18 bits per heavy atom. The van der Waals surface area contributed by atoms with Crippen LogP contribution >= 0.6 is 0 Å². The van der Waals surface area contributed by atoms with Crippen LogP contribution in [-0.4, -0.2) is 57.3 Å². The van der Waals surface area contributed by atoms with Crippen LogP contribution in [-0.2, 0) is 14.9 Å². The Balaban J connectivity index is 4.59. The largest absolute Gasteiger partial charge is 0.395 e. The molecule has 104 valence electrons. The third-order valence-corrected chi connectivity index (χ3v) is 3.87. The summed E-state index contributed by atoms with van der Waals surface area (Å²) in [6, 6.07) is -0.596. The van der Waals surface area contributed by atoms with Crippen LogP contribution in [0.1, 0.15) is 26.7 Å². The maximum Gasteiger partial charge on any atom is 0.279 e. The van der Waals surface area contributed by atoms with Crippen LogP contribution in [0, 0.1) is 0 Å². The van der Waals surface area contributed by atoms with Gasteiger partial charge in [-0.1, -0.05) is 13.8 Å². The highest BCUT2D eigenvalue weighted by molar-refractivity contribution is 7.87. The minimum Gasteiger partial charge on any atom is -0.395 e. The third-order valence-electron chi connectivity index (χ3n) is 2.19. The van der Waals surface area contributed by atoms with Crippen molar-refractivity contribution in [1.82, 2.24) is 9.03 Å². The van der Waals surface area contributed by atoms with Gasteiger partial charge < -0.3 is 9.84 Å². The predicted octanol–water partition coefficient (Wildman–Crippen LogP) is -0.0499. The van der Waals surface area contributed by atoms with Gasteiger partial charge in [0.05, 0.1) is 19.3 Å². The van der Waals surface area contributed by atoms with E-state index in [-0.39, 0.29) is 13.2 Å². The number of hydrogen-bond acceptors (Lipinski definition) is 4. The van der Waals surface area contributed by atoms with Crippen LogP contribution in [0.3, 0.4) is 0 Å². The summed E-state index contributed by atoms with van der Waals surface area (Å²) in [4.78, 5) is 0. The van der Waals surface area contributed by atoms with Gasteiger partial charge in [0.15, 0.2) is 0 Å². The summed E-state index contributed by atoms with van der Waals surface area (Å²) in [5.41, 5.74) is 0. The van der Waals surface area contributed by atoms with Crippen molar-refractivity contribution >= 4 is 10.2 Å². The summed E-state index contributed by atoms with van der Waals surface area (Å²) in [6.07, 6.45) is 1.52. The zero-order chi connectivity index (χ0) is 13.3. The van der Waals surface area contributed by atoms with Gasteiger partial charge in [-0.3, -0.25) is 0 Å². The van der Waals surface area contributed by atoms with Crippen LogP contribution in [0.5, 0.6) is 0 Å². The molecule has 0 radical (unpaired) electrons. The van der Waals surface area contributed by atoms with E-state index in [1.54, 1.807) is 0 Å². The van der Waals surface area contributed by atoms with Crippen molar-refractivity contribution in [2.75, 3.05) is 33.4 Å². The molecule has 0 aliphatic rings. The quantitative estimate of drug-likeness (QED) is 0.582. The number of rotatable bonds is 10. The van der Waals surface area contributed by atoms with Crippen LogP contribution in [0.15, 0.2) is 0 Å². The van der Waals surface area contributed by atoms with Crippen molar-refractivity contribution < 1.29 is 18.3 Å². The topological polar surface area (TPSA) is 78.9 Å². The van der Waals surface area contributed by atoms with E-state index in [0.717, 1.165) is 12.8 Å². The minimum absolute atomic E-state index is 0.155. The van der Waals surface area contributed by atoms with E-state index in [9.17, 15) is 8.42 Å². The van der Waals surface area contributed by atoms with E-state index in [4.69, 9.17) is 9.84 Å². The highest BCUT2D eigenvalue weighted by atomic mass is 32.2. The lowest BCUT2D eigenvalue weighted by molar-refractivity contribution is 0.138. The second-order valence-electron chi connectivity index (χ2n) is 3.86. The fourth-order valence-corrected chi connectivity index (χ4v) is 3.02. The number of aliphatic hydroxyl groups is 1. The lowest BCUT2D eigenvalue weighted by atomic mass is 10.4. The fourth-order valence-electron chi connectivity index (χ4n) is 1.46. The molecule has 1 atom stereocenters. The van der Waals surface area contributed by atoms with E-state index in [0.29, 0.717) is 13.1 Å². The van der Waals surface area contributed by atoms with Gasteiger partial charge in [-0.15, -0.1) is 0 Å². The molecule has 0 fully saturated rings. The average Bonchev–Trinajstić information content (AvgIpc) is 2.28. The van der Waals surface area contributed by atoms with Crippen molar-refractivity contribution in [2.24, 2.45) is 0 Å². The lowest BCUT2D eigenvalue weighted by Crippen LogP contribution is -2.48. The average molecular weight is 268 g/mol. The summed E-state index contributed by atoms with van der Waals surface area (Å²) in [5.74, 6) is 0. The SMILES string of the molecule is CCCN(CCC)S(=O)(=O)NC(CO)COC. The molecule has 2 N–H and O–H groups in total. The van der Waals surface area contributed by atoms with Gasteiger partial charge in [0.1, 0.15) is 0 Å². The summed E-state index contributed by atoms with van der Waals surface area (Å²) in [6.45, 7) is 4.69. The van der Waals surface area contributed by atoms with Crippen LogP contribution in [0.2, 0.25) is 0 Å². The van der Waals surface area contributed by atoms with Gasteiger partial charge in [0.25, 0.3) is 10.2 Å². The van der Waals surface area contributed by atoms with Gasteiger partial charge in [0, 0.05) is 20.2 Å². The summed E-state index contributed by atoms with van der Waals surface area (Å²) in [7, 11) is -2.07. The highest BCUT2D eigenvalue weighted by Crippen LogP contribution is 2.03. The zero-order valence-corrected chi connectivity index (χ0v) is 11.7. The van der Waals surface area contributed by atoms with E-state index >= 15 is 0 Å². The van der Waals surface area contributed by atoms with E-state index < -0.39 is 16.3 Å². The maximum atomic E-state index is 12.0. The molecule has 0 amide bonds. The number of methoxy groups -OCH3 is 1. The van der Waals surface area contributed by atoms with Gasteiger partial charge in [-0.05, 0) is 12.8 Å². The van der Waals surface area contributed by atoms with Crippen molar-refractivity contribution in [3.05, 3.63) is 0 Å². The number of hydrogen-bond donors (Lipinski definition) is 2. The maximum absolute atomic E-state index is 12.0. The van der Waals surface area contributed by atoms with Crippen molar-refractivity contribution in [2.45, 2.75) is 32.7 Å². The molecule has 0 aliphatic heterocycles. The second kappa shape index (κ2) is 8.82. The predicted molar refractivity (Wildman–Crippen MR) is 67.0 cm³/mol. The molecule has 0 aromatic carbocycles. The first-order valence-corrected chi connectivity index (χ1v) is 7.33. The van der Waals surface area contributed by atoms with Gasteiger partial charge in [-0.2, -0.15) is 17.4 Å². The molecule has 0 saturated carbocycles. The Kier molecular flexibility index (Phi) is 8.71. The summed E-state index contributed by atoms with van der Waals surface area (Å²) >= 11 is 0. The number of nitrogens with one attached hydrogen (secondary N) is 1. The normalized spacial score (nSPS) is 14.2. The molecule has 17 heavy (non-hydrogen) atoms. The molecule has 6 nitrogen and oxygen atoms in total. The number of nitrogens with zero attached hydrogens (tertiary/aromatic N) is 1. The summed E-state index contributed by atoms with van der Waals surface area (Å²) < 4.78 is 32.7.